The second kappa shape index (κ2) is 9.66. The van der Waals surface area contributed by atoms with Crippen molar-refractivity contribution in [3.8, 4) is 0 Å². The summed E-state index contributed by atoms with van der Waals surface area (Å²) < 4.78 is 6.57. The third kappa shape index (κ3) is 5.36. The van der Waals surface area contributed by atoms with Gasteiger partial charge in [0.2, 0.25) is 0 Å². The first-order chi connectivity index (χ1) is 16.9. The van der Waals surface area contributed by atoms with Crippen LogP contribution in [0.15, 0.2) is 41.3 Å². The number of pyridine rings is 2. The number of nitrogens with one attached hydrogen (secondary N) is 1. The minimum Gasteiger partial charge on any atom is -0.459 e. The van der Waals surface area contributed by atoms with Crippen LogP contribution in [0, 0.1) is 13.8 Å². The van der Waals surface area contributed by atoms with E-state index >= 15 is 0 Å². The molecule has 36 heavy (non-hydrogen) atoms. The topological polar surface area (TPSA) is 116 Å². The van der Waals surface area contributed by atoms with Crippen molar-refractivity contribution in [3.05, 3.63) is 74.4 Å². The van der Waals surface area contributed by atoms with Crippen molar-refractivity contribution in [1.82, 2.24) is 24.8 Å². The summed E-state index contributed by atoms with van der Waals surface area (Å²) in [7, 11) is 0. The second-order valence-corrected chi connectivity index (χ2v) is 9.91. The van der Waals surface area contributed by atoms with Gasteiger partial charge in [0.1, 0.15) is 34.4 Å². The van der Waals surface area contributed by atoms with E-state index in [1.807, 2.05) is 13.8 Å². The summed E-state index contributed by atoms with van der Waals surface area (Å²) in [4.78, 5) is 52.8. The smallest absolute Gasteiger partial charge is 0.326 e. The molecule has 0 atom stereocenters. The molecule has 4 rings (SSSR count). The van der Waals surface area contributed by atoms with Crippen molar-refractivity contribution in [1.29, 1.82) is 0 Å². The fourth-order valence-corrected chi connectivity index (χ4v) is 3.82. The van der Waals surface area contributed by atoms with Crippen molar-refractivity contribution >= 4 is 45.5 Å². The predicted octanol–water partition coefficient (Wildman–Crippen LogP) is 3.88. The number of halogens is 1. The van der Waals surface area contributed by atoms with Crippen molar-refractivity contribution in [3.63, 3.8) is 0 Å². The van der Waals surface area contributed by atoms with Gasteiger partial charge in [0.15, 0.2) is 0 Å². The lowest BCUT2D eigenvalue weighted by Crippen LogP contribution is -2.36. The third-order valence-corrected chi connectivity index (χ3v) is 5.73. The van der Waals surface area contributed by atoms with Crippen LogP contribution >= 0.6 is 11.6 Å². The van der Waals surface area contributed by atoms with E-state index in [1.165, 1.54) is 12.3 Å². The van der Waals surface area contributed by atoms with E-state index < -0.39 is 29.6 Å². The highest BCUT2D eigenvalue weighted by Gasteiger charge is 2.23. The number of aromatic nitrogens is 4. The van der Waals surface area contributed by atoms with Gasteiger partial charge in [0.25, 0.3) is 11.5 Å². The van der Waals surface area contributed by atoms with Gasteiger partial charge in [-0.15, -0.1) is 0 Å². The number of esters is 1. The third-order valence-electron chi connectivity index (χ3n) is 5.48. The SMILES string of the molecule is Cc1nc2cnc3c(cc(C(=O)NCc4ccc(Cl)cc4)c(=O)n3CC(=O)OC(C)(C)C)c2nc1C. The highest BCUT2D eigenvalue weighted by molar-refractivity contribution is 6.30. The lowest BCUT2D eigenvalue weighted by atomic mass is 10.1. The number of rotatable bonds is 5. The summed E-state index contributed by atoms with van der Waals surface area (Å²) >= 11 is 5.93. The van der Waals surface area contributed by atoms with E-state index in [2.05, 4.69) is 20.3 Å². The van der Waals surface area contributed by atoms with Crippen LogP contribution in [0.4, 0.5) is 0 Å². The molecule has 0 saturated heterocycles. The zero-order chi connectivity index (χ0) is 26.2. The van der Waals surface area contributed by atoms with Crippen LogP contribution in [0.3, 0.4) is 0 Å². The monoisotopic (exact) mass is 507 g/mol. The van der Waals surface area contributed by atoms with E-state index in [0.29, 0.717) is 27.1 Å². The van der Waals surface area contributed by atoms with Gasteiger partial charge >= 0.3 is 5.97 Å². The Bertz CT molecular complexity index is 1560. The number of benzene rings is 1. The maximum atomic E-state index is 13.4. The van der Waals surface area contributed by atoms with Crippen LogP contribution in [0.2, 0.25) is 5.02 Å². The van der Waals surface area contributed by atoms with Gasteiger partial charge in [-0.05, 0) is 58.4 Å². The highest BCUT2D eigenvalue weighted by Crippen LogP contribution is 2.22. The first-order valence-electron chi connectivity index (χ1n) is 11.3. The summed E-state index contributed by atoms with van der Waals surface area (Å²) in [5.41, 5.74) is 1.91. The molecule has 0 aliphatic rings. The molecule has 3 heterocycles. The minimum absolute atomic E-state index is 0.144. The number of amides is 1. The molecule has 0 saturated carbocycles. The van der Waals surface area contributed by atoms with Gasteiger partial charge in [-0.1, -0.05) is 23.7 Å². The molecule has 0 unspecified atom stereocenters. The van der Waals surface area contributed by atoms with Crippen molar-refractivity contribution in [2.75, 3.05) is 0 Å². The zero-order valence-electron chi connectivity index (χ0n) is 20.7. The summed E-state index contributed by atoms with van der Waals surface area (Å²) in [6.07, 6.45) is 1.50. The van der Waals surface area contributed by atoms with Crippen molar-refractivity contribution in [2.45, 2.75) is 53.3 Å². The molecule has 1 aromatic carbocycles. The van der Waals surface area contributed by atoms with Gasteiger partial charge in [0, 0.05) is 17.0 Å². The molecule has 1 N–H and O–H groups in total. The van der Waals surface area contributed by atoms with Gasteiger partial charge in [0.05, 0.1) is 17.6 Å². The number of ether oxygens (including phenoxy) is 1. The molecule has 0 bridgehead atoms. The molecule has 10 heteroatoms. The first-order valence-corrected chi connectivity index (χ1v) is 11.7. The quantitative estimate of drug-likeness (QED) is 0.322. The number of aryl methyl sites for hydroxylation is 2. The van der Waals surface area contributed by atoms with Gasteiger partial charge in [-0.2, -0.15) is 0 Å². The van der Waals surface area contributed by atoms with Crippen LogP contribution in [0.25, 0.3) is 22.1 Å². The standard InChI is InChI=1S/C26H26ClN5O4/c1-14-15(2)31-22-18-10-19(24(34)29-11-16-6-8-17(27)9-7-16)25(35)32(13-21(33)36-26(3,4)5)23(18)28-12-20(22)30-14/h6-10,12H,11,13H2,1-5H3,(H,29,34). The van der Waals surface area contributed by atoms with E-state index in [1.54, 1.807) is 45.0 Å². The highest BCUT2D eigenvalue weighted by atomic mass is 35.5. The number of carbonyl (C=O) groups is 2. The lowest BCUT2D eigenvalue weighted by molar-refractivity contribution is -0.155. The van der Waals surface area contributed by atoms with Gasteiger partial charge < -0.3 is 10.1 Å². The number of fused-ring (bicyclic) bond motifs is 3. The van der Waals surface area contributed by atoms with Crippen molar-refractivity contribution < 1.29 is 14.3 Å². The molecule has 9 nitrogen and oxygen atoms in total. The van der Waals surface area contributed by atoms with Crippen LogP contribution < -0.4 is 10.9 Å². The fraction of sp³-hybridized carbons (Fsp3) is 0.308. The van der Waals surface area contributed by atoms with E-state index in [0.717, 1.165) is 15.8 Å². The Morgan fingerprint density at radius 1 is 1.08 bits per heavy atom. The second-order valence-electron chi connectivity index (χ2n) is 9.47. The Hall–Kier alpha value is -3.85. The molecule has 0 spiro atoms. The maximum Gasteiger partial charge on any atom is 0.326 e. The van der Waals surface area contributed by atoms with Gasteiger partial charge in [-0.3, -0.25) is 19.0 Å². The molecule has 3 aromatic heterocycles. The minimum atomic E-state index is -0.746. The zero-order valence-corrected chi connectivity index (χ0v) is 21.4. The molecule has 0 aliphatic heterocycles. The Balaban J connectivity index is 1.84. The van der Waals surface area contributed by atoms with Crippen LogP contribution in [0.1, 0.15) is 48.1 Å². The summed E-state index contributed by atoms with van der Waals surface area (Å²) in [6, 6.07) is 8.45. The van der Waals surface area contributed by atoms with E-state index in [-0.39, 0.29) is 17.8 Å². The Kier molecular flexibility index (Phi) is 6.77. The summed E-state index contributed by atoms with van der Waals surface area (Å²) in [5.74, 6) is -1.22. The molecular formula is C26H26ClN5O4. The largest absolute Gasteiger partial charge is 0.459 e. The van der Waals surface area contributed by atoms with Crippen LogP contribution in [0.5, 0.6) is 0 Å². The Labute approximate surface area is 212 Å². The van der Waals surface area contributed by atoms with Crippen LogP contribution in [-0.4, -0.2) is 37.0 Å². The molecule has 0 radical (unpaired) electrons. The average Bonchev–Trinajstić information content (AvgIpc) is 2.79. The van der Waals surface area contributed by atoms with E-state index in [9.17, 15) is 14.4 Å². The number of nitrogens with zero attached hydrogens (tertiary/aromatic N) is 4. The Morgan fingerprint density at radius 3 is 2.42 bits per heavy atom. The molecule has 4 aromatic rings. The lowest BCUT2D eigenvalue weighted by Gasteiger charge is -2.20. The summed E-state index contributed by atoms with van der Waals surface area (Å²) in [6.45, 7) is 8.64. The molecular weight excluding hydrogens is 482 g/mol. The maximum absolute atomic E-state index is 13.4. The molecule has 0 fully saturated rings. The molecule has 186 valence electrons. The Morgan fingerprint density at radius 2 is 1.75 bits per heavy atom. The first kappa shape index (κ1) is 25.2. The van der Waals surface area contributed by atoms with E-state index in [4.69, 9.17) is 16.3 Å². The predicted molar refractivity (Wildman–Crippen MR) is 137 cm³/mol. The number of hydrogen-bond acceptors (Lipinski definition) is 7. The molecule has 0 aliphatic carbocycles. The van der Waals surface area contributed by atoms with Gasteiger partial charge in [-0.25, -0.2) is 15.0 Å². The normalized spacial score (nSPS) is 11.6. The average molecular weight is 508 g/mol. The number of carbonyl (C=O) groups excluding carboxylic acids is 2. The van der Waals surface area contributed by atoms with Crippen molar-refractivity contribution in [2.24, 2.45) is 0 Å². The fourth-order valence-electron chi connectivity index (χ4n) is 3.69. The summed E-state index contributed by atoms with van der Waals surface area (Å²) in [5, 5.41) is 3.77. The van der Waals surface area contributed by atoms with Crippen LogP contribution in [-0.2, 0) is 22.6 Å². The number of hydrogen-bond donors (Lipinski definition) is 1. The molecule has 1 amide bonds.